The molecule has 0 aliphatic carbocycles. The fourth-order valence-corrected chi connectivity index (χ4v) is 3.60. The maximum Gasteiger partial charge on any atom is 0.343 e. The second-order valence-electron chi connectivity index (χ2n) is 7.13. The Bertz CT molecular complexity index is 1050. The van der Waals surface area contributed by atoms with E-state index in [1.165, 1.54) is 0 Å². The molecule has 1 aromatic heterocycles. The third-order valence-electron chi connectivity index (χ3n) is 5.16. The molecule has 150 valence electrons. The highest BCUT2D eigenvalue weighted by Gasteiger charge is 2.14. The lowest BCUT2D eigenvalue weighted by molar-refractivity contribution is 0.0383. The molecule has 6 heteroatoms. The van der Waals surface area contributed by atoms with Crippen LogP contribution in [0, 0.1) is 0 Å². The maximum atomic E-state index is 12.7. The first-order chi connectivity index (χ1) is 14.2. The van der Waals surface area contributed by atoms with E-state index in [2.05, 4.69) is 10.2 Å². The number of ether oxygens (including phenoxy) is 1. The van der Waals surface area contributed by atoms with Gasteiger partial charge >= 0.3 is 5.63 Å². The predicted octanol–water partition coefficient (Wildman–Crippen LogP) is 2.45. The highest BCUT2D eigenvalue weighted by Crippen LogP contribution is 2.17. The molecule has 0 saturated carbocycles. The second kappa shape index (κ2) is 9.03. The molecular formula is C23H24N2O4. The van der Waals surface area contributed by atoms with Gasteiger partial charge in [0.1, 0.15) is 5.76 Å². The first kappa shape index (κ1) is 19.4. The van der Waals surface area contributed by atoms with E-state index in [1.807, 2.05) is 42.5 Å². The summed E-state index contributed by atoms with van der Waals surface area (Å²) in [4.78, 5) is 27.2. The largest absolute Gasteiger partial charge is 0.427 e. The van der Waals surface area contributed by atoms with E-state index in [1.54, 1.807) is 12.1 Å². The van der Waals surface area contributed by atoms with Crippen LogP contribution in [-0.2, 0) is 11.2 Å². The Morgan fingerprint density at radius 1 is 1.03 bits per heavy atom. The van der Waals surface area contributed by atoms with Gasteiger partial charge in [-0.1, -0.05) is 36.4 Å². The summed E-state index contributed by atoms with van der Waals surface area (Å²) in [5.41, 5.74) is 1.07. The van der Waals surface area contributed by atoms with Crippen molar-refractivity contribution in [3.8, 4) is 0 Å². The first-order valence-corrected chi connectivity index (χ1v) is 9.89. The molecule has 4 rings (SSSR count). The van der Waals surface area contributed by atoms with Crippen LogP contribution in [0.25, 0.3) is 10.8 Å². The van der Waals surface area contributed by atoms with Crippen LogP contribution in [0.5, 0.6) is 0 Å². The van der Waals surface area contributed by atoms with E-state index in [4.69, 9.17) is 9.15 Å². The Morgan fingerprint density at radius 3 is 2.66 bits per heavy atom. The Kier molecular flexibility index (Phi) is 6.03. The lowest BCUT2D eigenvalue weighted by Crippen LogP contribution is -2.41. The standard InChI is InChI=1S/C23H24N2O4/c26-22(24-9-10-25-11-13-28-14-12-25)20-7-3-1-5-17(20)15-19-16-18-6-2-4-8-21(18)23(27)29-19/h1-8,16H,9-15H2,(H,24,26). The molecule has 1 amide bonds. The number of morpholine rings is 1. The molecular weight excluding hydrogens is 368 g/mol. The molecule has 1 aliphatic heterocycles. The summed E-state index contributed by atoms with van der Waals surface area (Å²) in [6, 6.07) is 16.6. The Hall–Kier alpha value is -2.96. The van der Waals surface area contributed by atoms with Crippen LogP contribution in [0.2, 0.25) is 0 Å². The molecule has 1 saturated heterocycles. The minimum atomic E-state index is -0.356. The van der Waals surface area contributed by atoms with E-state index in [-0.39, 0.29) is 11.5 Å². The predicted molar refractivity (Wildman–Crippen MR) is 111 cm³/mol. The molecule has 1 N–H and O–H groups in total. The highest BCUT2D eigenvalue weighted by molar-refractivity contribution is 5.95. The third-order valence-corrected chi connectivity index (χ3v) is 5.16. The van der Waals surface area contributed by atoms with Crippen molar-refractivity contribution in [3.63, 3.8) is 0 Å². The second-order valence-corrected chi connectivity index (χ2v) is 7.13. The maximum absolute atomic E-state index is 12.7. The van der Waals surface area contributed by atoms with Gasteiger partial charge in [-0.15, -0.1) is 0 Å². The van der Waals surface area contributed by atoms with Gasteiger partial charge in [0.15, 0.2) is 0 Å². The fraction of sp³-hybridized carbons (Fsp3) is 0.304. The van der Waals surface area contributed by atoms with Gasteiger partial charge in [0, 0.05) is 38.2 Å². The quantitative estimate of drug-likeness (QED) is 0.698. The van der Waals surface area contributed by atoms with E-state index in [0.717, 1.165) is 43.8 Å². The SMILES string of the molecule is O=C(NCCN1CCOCC1)c1ccccc1Cc1cc2ccccc2c(=O)o1. The topological polar surface area (TPSA) is 71.8 Å². The van der Waals surface area contributed by atoms with Crippen molar-refractivity contribution in [2.45, 2.75) is 6.42 Å². The summed E-state index contributed by atoms with van der Waals surface area (Å²) in [5.74, 6) is 0.430. The first-order valence-electron chi connectivity index (χ1n) is 9.89. The van der Waals surface area contributed by atoms with E-state index in [0.29, 0.717) is 29.7 Å². The molecule has 0 unspecified atom stereocenters. The molecule has 0 radical (unpaired) electrons. The molecule has 6 nitrogen and oxygen atoms in total. The number of carbonyl (C=O) groups is 1. The lowest BCUT2D eigenvalue weighted by Gasteiger charge is -2.26. The Labute approximate surface area is 169 Å². The summed E-state index contributed by atoms with van der Waals surface area (Å²) < 4.78 is 10.8. The van der Waals surface area contributed by atoms with Crippen LogP contribution < -0.4 is 10.9 Å². The van der Waals surface area contributed by atoms with Crippen molar-refractivity contribution in [2.24, 2.45) is 0 Å². The van der Waals surface area contributed by atoms with Crippen molar-refractivity contribution >= 4 is 16.7 Å². The van der Waals surface area contributed by atoms with Crippen molar-refractivity contribution in [1.29, 1.82) is 0 Å². The van der Waals surface area contributed by atoms with Crippen LogP contribution in [0.3, 0.4) is 0 Å². The van der Waals surface area contributed by atoms with Crippen LogP contribution in [0.15, 0.2) is 63.8 Å². The molecule has 0 atom stereocenters. The number of nitrogens with zero attached hydrogens (tertiary/aromatic N) is 1. The van der Waals surface area contributed by atoms with Gasteiger partial charge in [-0.05, 0) is 29.1 Å². The number of carbonyl (C=O) groups excluding carboxylic acids is 1. The highest BCUT2D eigenvalue weighted by atomic mass is 16.5. The molecule has 0 bridgehead atoms. The number of nitrogens with one attached hydrogen (secondary N) is 1. The van der Waals surface area contributed by atoms with Crippen LogP contribution in [0.4, 0.5) is 0 Å². The molecule has 3 aromatic rings. The average molecular weight is 392 g/mol. The Morgan fingerprint density at radius 2 is 1.79 bits per heavy atom. The number of hydrogen-bond acceptors (Lipinski definition) is 5. The Balaban J connectivity index is 1.46. The molecule has 2 heterocycles. The number of hydrogen-bond donors (Lipinski definition) is 1. The van der Waals surface area contributed by atoms with Crippen LogP contribution >= 0.6 is 0 Å². The van der Waals surface area contributed by atoms with Gasteiger partial charge in [0.2, 0.25) is 0 Å². The summed E-state index contributed by atoms with van der Waals surface area (Å²) in [7, 11) is 0. The van der Waals surface area contributed by atoms with Crippen LogP contribution in [0.1, 0.15) is 21.7 Å². The molecule has 1 fully saturated rings. The fourth-order valence-electron chi connectivity index (χ4n) is 3.60. The van der Waals surface area contributed by atoms with Gasteiger partial charge in [0.25, 0.3) is 5.91 Å². The van der Waals surface area contributed by atoms with Gasteiger partial charge < -0.3 is 14.5 Å². The zero-order chi connectivity index (χ0) is 20.1. The van der Waals surface area contributed by atoms with Gasteiger partial charge in [0.05, 0.1) is 18.6 Å². The van der Waals surface area contributed by atoms with Crippen LogP contribution in [-0.4, -0.2) is 50.2 Å². The average Bonchev–Trinajstić information content (AvgIpc) is 2.75. The lowest BCUT2D eigenvalue weighted by atomic mass is 10.0. The third kappa shape index (κ3) is 4.72. The van der Waals surface area contributed by atoms with Crippen molar-refractivity contribution in [1.82, 2.24) is 10.2 Å². The zero-order valence-corrected chi connectivity index (χ0v) is 16.2. The number of amides is 1. The smallest absolute Gasteiger partial charge is 0.343 e. The monoisotopic (exact) mass is 392 g/mol. The van der Waals surface area contributed by atoms with Gasteiger partial charge in [-0.2, -0.15) is 0 Å². The van der Waals surface area contributed by atoms with Crippen molar-refractivity contribution < 1.29 is 13.9 Å². The van der Waals surface area contributed by atoms with Crippen molar-refractivity contribution in [2.75, 3.05) is 39.4 Å². The molecule has 1 aliphatic rings. The van der Waals surface area contributed by atoms with E-state index in [9.17, 15) is 9.59 Å². The summed E-state index contributed by atoms with van der Waals surface area (Å²) >= 11 is 0. The number of fused-ring (bicyclic) bond motifs is 1. The van der Waals surface area contributed by atoms with Gasteiger partial charge in [-0.25, -0.2) is 4.79 Å². The number of rotatable bonds is 6. The summed E-state index contributed by atoms with van der Waals surface area (Å²) in [6.07, 6.45) is 0.382. The van der Waals surface area contributed by atoms with Crippen molar-refractivity contribution in [3.05, 3.63) is 81.9 Å². The summed E-state index contributed by atoms with van der Waals surface area (Å²) in [6.45, 7) is 4.66. The van der Waals surface area contributed by atoms with E-state index >= 15 is 0 Å². The molecule has 0 spiro atoms. The van der Waals surface area contributed by atoms with Gasteiger partial charge in [-0.3, -0.25) is 9.69 Å². The summed E-state index contributed by atoms with van der Waals surface area (Å²) in [5, 5.41) is 4.40. The molecule has 29 heavy (non-hydrogen) atoms. The number of benzene rings is 2. The minimum Gasteiger partial charge on any atom is -0.427 e. The normalized spacial score (nSPS) is 14.8. The van der Waals surface area contributed by atoms with E-state index < -0.39 is 0 Å². The minimum absolute atomic E-state index is 0.114. The molecule has 2 aromatic carbocycles. The zero-order valence-electron chi connectivity index (χ0n) is 16.2.